The van der Waals surface area contributed by atoms with Gasteiger partial charge in [-0.2, -0.15) is 0 Å². The Morgan fingerprint density at radius 1 is 1.33 bits per heavy atom. The van der Waals surface area contributed by atoms with E-state index in [4.69, 9.17) is 4.74 Å². The topological polar surface area (TPSA) is 50.4 Å². The molecule has 2 aliphatic heterocycles. The zero-order valence-corrected chi connectivity index (χ0v) is 11.6. The van der Waals surface area contributed by atoms with Crippen molar-refractivity contribution in [3.8, 4) is 0 Å². The van der Waals surface area contributed by atoms with Crippen LogP contribution in [0.1, 0.15) is 39.5 Å². The zero-order chi connectivity index (χ0) is 13.0. The molecule has 1 amide bonds. The Hall–Kier alpha value is -0.610. The number of amides is 1. The monoisotopic (exact) mass is 254 g/mol. The van der Waals surface area contributed by atoms with Crippen LogP contribution in [0.5, 0.6) is 0 Å². The lowest BCUT2D eigenvalue weighted by molar-refractivity contribution is -0.123. The Bertz CT molecular complexity index is 257. The molecule has 4 heteroatoms. The van der Waals surface area contributed by atoms with E-state index in [1.807, 2.05) is 0 Å². The Kier molecular flexibility index (Phi) is 5.01. The van der Waals surface area contributed by atoms with Crippen molar-refractivity contribution >= 4 is 5.91 Å². The molecule has 2 saturated heterocycles. The summed E-state index contributed by atoms with van der Waals surface area (Å²) in [6.07, 6.45) is 4.03. The molecular weight excluding hydrogens is 228 g/mol. The molecule has 4 nitrogen and oxygen atoms in total. The van der Waals surface area contributed by atoms with Crippen LogP contribution in [-0.2, 0) is 9.53 Å². The Morgan fingerprint density at radius 2 is 2.17 bits per heavy atom. The van der Waals surface area contributed by atoms with E-state index in [1.54, 1.807) is 0 Å². The van der Waals surface area contributed by atoms with Gasteiger partial charge in [0.25, 0.3) is 0 Å². The molecule has 2 N–H and O–H groups in total. The maximum atomic E-state index is 12.1. The molecule has 4 atom stereocenters. The van der Waals surface area contributed by atoms with E-state index in [2.05, 4.69) is 24.5 Å². The third-order valence-corrected chi connectivity index (χ3v) is 4.32. The molecular formula is C14H26N2O2. The average Bonchev–Trinajstić information content (AvgIpc) is 2.35. The van der Waals surface area contributed by atoms with E-state index in [0.717, 1.165) is 26.2 Å². The maximum absolute atomic E-state index is 12.1. The molecule has 18 heavy (non-hydrogen) atoms. The number of ether oxygens (including phenoxy) is 1. The zero-order valence-electron chi connectivity index (χ0n) is 11.6. The maximum Gasteiger partial charge on any atom is 0.221 e. The molecule has 0 radical (unpaired) electrons. The number of rotatable bonds is 3. The van der Waals surface area contributed by atoms with Gasteiger partial charge in [0.15, 0.2) is 0 Å². The van der Waals surface area contributed by atoms with E-state index in [0.29, 0.717) is 30.3 Å². The number of piperidine rings is 1. The second-order valence-electron chi connectivity index (χ2n) is 5.90. The van der Waals surface area contributed by atoms with E-state index < -0.39 is 0 Å². The van der Waals surface area contributed by atoms with Gasteiger partial charge in [-0.1, -0.05) is 13.8 Å². The number of nitrogens with one attached hydrogen (secondary N) is 2. The van der Waals surface area contributed by atoms with Gasteiger partial charge in [-0.25, -0.2) is 0 Å². The van der Waals surface area contributed by atoms with Crippen molar-refractivity contribution in [1.29, 1.82) is 0 Å². The summed E-state index contributed by atoms with van der Waals surface area (Å²) in [6, 6.07) is 0.652. The fourth-order valence-corrected chi connectivity index (χ4v) is 2.95. The van der Waals surface area contributed by atoms with Gasteiger partial charge in [-0.05, 0) is 37.6 Å². The van der Waals surface area contributed by atoms with Crippen LogP contribution in [0.25, 0.3) is 0 Å². The lowest BCUT2D eigenvalue weighted by Crippen LogP contribution is -2.48. The molecule has 2 rings (SSSR count). The van der Waals surface area contributed by atoms with Crippen LogP contribution in [0.4, 0.5) is 0 Å². The second kappa shape index (κ2) is 6.53. The predicted octanol–water partition coefficient (Wildman–Crippen LogP) is 1.31. The van der Waals surface area contributed by atoms with Crippen molar-refractivity contribution in [2.24, 2.45) is 11.8 Å². The minimum absolute atomic E-state index is 0.194. The predicted molar refractivity (Wildman–Crippen MR) is 71.3 cm³/mol. The first kappa shape index (κ1) is 13.8. The van der Waals surface area contributed by atoms with E-state index >= 15 is 0 Å². The van der Waals surface area contributed by atoms with Gasteiger partial charge < -0.3 is 15.4 Å². The van der Waals surface area contributed by atoms with Gasteiger partial charge in [0.2, 0.25) is 5.91 Å². The van der Waals surface area contributed by atoms with Crippen molar-refractivity contribution in [3.63, 3.8) is 0 Å². The summed E-state index contributed by atoms with van der Waals surface area (Å²) < 4.78 is 5.40. The average molecular weight is 254 g/mol. The summed E-state index contributed by atoms with van der Waals surface area (Å²) in [5, 5.41) is 6.64. The van der Waals surface area contributed by atoms with Crippen molar-refractivity contribution in [3.05, 3.63) is 0 Å². The van der Waals surface area contributed by atoms with E-state index in [9.17, 15) is 4.79 Å². The van der Waals surface area contributed by atoms with Crippen LogP contribution in [0, 0.1) is 11.8 Å². The minimum atomic E-state index is 0.194. The molecule has 2 fully saturated rings. The Labute approximate surface area is 110 Å². The van der Waals surface area contributed by atoms with Crippen molar-refractivity contribution in [2.75, 3.05) is 19.8 Å². The molecule has 0 saturated carbocycles. The molecule has 0 aromatic heterocycles. The third kappa shape index (κ3) is 3.69. The first-order valence-electron chi connectivity index (χ1n) is 7.27. The molecule has 0 bridgehead atoms. The van der Waals surface area contributed by atoms with E-state index in [-0.39, 0.29) is 5.91 Å². The second-order valence-corrected chi connectivity index (χ2v) is 5.90. The highest BCUT2D eigenvalue weighted by atomic mass is 16.5. The van der Waals surface area contributed by atoms with Gasteiger partial charge in [-0.3, -0.25) is 4.79 Å². The number of hydrogen-bond acceptors (Lipinski definition) is 3. The van der Waals surface area contributed by atoms with Crippen LogP contribution in [0.3, 0.4) is 0 Å². The highest BCUT2D eigenvalue weighted by Gasteiger charge is 2.27. The minimum Gasteiger partial charge on any atom is -0.381 e. The number of carbonyl (C=O) groups is 1. The molecule has 0 aliphatic carbocycles. The van der Waals surface area contributed by atoms with Gasteiger partial charge in [0, 0.05) is 25.1 Å². The van der Waals surface area contributed by atoms with Crippen molar-refractivity contribution in [2.45, 2.75) is 51.6 Å². The van der Waals surface area contributed by atoms with Crippen LogP contribution >= 0.6 is 0 Å². The van der Waals surface area contributed by atoms with Crippen molar-refractivity contribution < 1.29 is 9.53 Å². The Balaban J connectivity index is 1.77. The fourth-order valence-electron chi connectivity index (χ4n) is 2.95. The van der Waals surface area contributed by atoms with Gasteiger partial charge >= 0.3 is 0 Å². The quantitative estimate of drug-likeness (QED) is 0.798. The fraction of sp³-hybridized carbons (Fsp3) is 0.929. The Morgan fingerprint density at radius 3 is 2.89 bits per heavy atom. The lowest BCUT2D eigenvalue weighted by atomic mass is 9.90. The molecule has 104 valence electrons. The standard InChI is InChI=1S/C14H26N2O2/c1-10-4-3-6-15-13(10)8-14(17)16-12-5-7-18-9-11(12)2/h10-13,15H,3-9H2,1-2H3,(H,16,17). The van der Waals surface area contributed by atoms with Crippen molar-refractivity contribution in [1.82, 2.24) is 10.6 Å². The number of carbonyl (C=O) groups excluding carboxylic acids is 1. The highest BCUT2D eigenvalue weighted by molar-refractivity contribution is 5.77. The molecule has 0 spiro atoms. The van der Waals surface area contributed by atoms with Gasteiger partial charge in [0.1, 0.15) is 0 Å². The van der Waals surface area contributed by atoms with Gasteiger partial charge in [-0.15, -0.1) is 0 Å². The summed E-state index contributed by atoms with van der Waals surface area (Å²) in [5.41, 5.74) is 0. The molecule has 2 aliphatic rings. The van der Waals surface area contributed by atoms with E-state index in [1.165, 1.54) is 12.8 Å². The highest BCUT2D eigenvalue weighted by Crippen LogP contribution is 2.19. The largest absolute Gasteiger partial charge is 0.381 e. The first-order chi connectivity index (χ1) is 8.66. The summed E-state index contributed by atoms with van der Waals surface area (Å²) in [7, 11) is 0. The molecule has 2 heterocycles. The molecule has 4 unspecified atom stereocenters. The number of hydrogen-bond donors (Lipinski definition) is 2. The lowest BCUT2D eigenvalue weighted by Gasteiger charge is -2.32. The third-order valence-electron chi connectivity index (χ3n) is 4.32. The smallest absolute Gasteiger partial charge is 0.221 e. The summed E-state index contributed by atoms with van der Waals surface area (Å²) >= 11 is 0. The van der Waals surface area contributed by atoms with Gasteiger partial charge in [0.05, 0.1) is 6.61 Å². The SMILES string of the molecule is CC1CCCNC1CC(=O)NC1CCOCC1C. The molecule has 0 aromatic rings. The van der Waals surface area contributed by atoms with Crippen LogP contribution in [0.2, 0.25) is 0 Å². The van der Waals surface area contributed by atoms with Crippen LogP contribution in [-0.4, -0.2) is 37.7 Å². The summed E-state index contributed by atoms with van der Waals surface area (Å²) in [4.78, 5) is 12.1. The van der Waals surface area contributed by atoms with Crippen LogP contribution in [0.15, 0.2) is 0 Å². The normalized spacial score (nSPS) is 37.2. The summed E-state index contributed by atoms with van der Waals surface area (Å²) in [5.74, 6) is 1.23. The summed E-state index contributed by atoms with van der Waals surface area (Å²) in [6.45, 7) is 6.97. The molecule has 0 aromatic carbocycles. The first-order valence-corrected chi connectivity index (χ1v) is 7.27. The van der Waals surface area contributed by atoms with Crippen LogP contribution < -0.4 is 10.6 Å².